The van der Waals surface area contributed by atoms with Crippen LogP contribution >= 0.6 is 0 Å². The van der Waals surface area contributed by atoms with Crippen molar-refractivity contribution in [2.24, 2.45) is 0 Å². The van der Waals surface area contributed by atoms with Crippen LogP contribution in [0, 0.1) is 13.8 Å². The number of carbonyl (C=O) groups is 3. The third kappa shape index (κ3) is 4.32. The lowest BCUT2D eigenvalue weighted by Crippen LogP contribution is -2.64. The number of methoxy groups -OCH3 is 1. The van der Waals surface area contributed by atoms with Gasteiger partial charge < -0.3 is 14.8 Å². The first-order valence-corrected chi connectivity index (χ1v) is 10.2. The summed E-state index contributed by atoms with van der Waals surface area (Å²) < 4.78 is 11.4. The molecule has 9 heteroatoms. The number of ether oxygens (including phenoxy) is 2. The number of rotatable bonds is 7. The molecule has 2 amide bonds. The Balaban J connectivity index is 2.09. The maximum absolute atomic E-state index is 13.6. The van der Waals surface area contributed by atoms with Crippen molar-refractivity contribution in [1.29, 1.82) is 0 Å². The number of nitrogens with one attached hydrogen (secondary N) is 1. The average Bonchev–Trinajstić information content (AvgIpc) is 3.11. The second-order valence-electron chi connectivity index (χ2n) is 7.80. The van der Waals surface area contributed by atoms with Crippen LogP contribution in [-0.4, -0.2) is 60.0 Å². The van der Waals surface area contributed by atoms with Gasteiger partial charge in [-0.25, -0.2) is 4.79 Å². The molecule has 0 bridgehead atoms. The Bertz CT molecular complexity index is 995. The minimum absolute atomic E-state index is 0.0367. The zero-order chi connectivity index (χ0) is 22.8. The molecule has 1 aromatic carbocycles. The minimum Gasteiger partial charge on any atom is -0.461 e. The van der Waals surface area contributed by atoms with Crippen LogP contribution in [0.2, 0.25) is 0 Å². The number of carbonyl (C=O) groups excluding carboxylic acids is 3. The van der Waals surface area contributed by atoms with Crippen LogP contribution in [0.15, 0.2) is 24.3 Å². The van der Waals surface area contributed by atoms with Gasteiger partial charge in [-0.2, -0.15) is 5.10 Å². The molecule has 2 aromatic rings. The van der Waals surface area contributed by atoms with E-state index >= 15 is 0 Å². The Hall–Kier alpha value is -3.20. The maximum Gasteiger partial charge on any atom is 0.358 e. The molecule has 3 rings (SSSR count). The van der Waals surface area contributed by atoms with Gasteiger partial charge in [0.25, 0.3) is 5.91 Å². The number of esters is 1. The molecule has 9 nitrogen and oxygen atoms in total. The summed E-state index contributed by atoms with van der Waals surface area (Å²) in [6.07, 6.45) is 0. The first-order valence-electron chi connectivity index (χ1n) is 10.2. The van der Waals surface area contributed by atoms with Crippen molar-refractivity contribution in [2.45, 2.75) is 39.8 Å². The minimum atomic E-state index is -1.27. The van der Waals surface area contributed by atoms with Crippen LogP contribution < -0.4 is 10.2 Å². The van der Waals surface area contributed by atoms with Gasteiger partial charge >= 0.3 is 5.97 Å². The Labute approximate surface area is 181 Å². The fourth-order valence-corrected chi connectivity index (χ4v) is 3.83. The van der Waals surface area contributed by atoms with Crippen LogP contribution in [-0.2, 0) is 20.8 Å². The Morgan fingerprint density at radius 2 is 1.87 bits per heavy atom. The first kappa shape index (κ1) is 22.5. The summed E-state index contributed by atoms with van der Waals surface area (Å²) in [5.74, 6) is -1.36. The van der Waals surface area contributed by atoms with E-state index in [1.807, 2.05) is 32.0 Å². The highest BCUT2D eigenvalue weighted by molar-refractivity contribution is 6.12. The molecule has 1 aromatic heterocycles. The van der Waals surface area contributed by atoms with Crippen molar-refractivity contribution in [2.75, 3.05) is 31.8 Å². The standard InChI is InChI=1S/C22H28N4O5/c1-6-31-20(28)17-12-18-19(27)26(16-10-14(2)9-15(3)11-16)22(4,13-25(18)24-17)21(29)23-7-8-30-5/h9-12H,6-8,13H2,1-5H3,(H,23,29). The molecule has 0 saturated heterocycles. The number of fused-ring (bicyclic) bond motifs is 1. The zero-order valence-corrected chi connectivity index (χ0v) is 18.5. The third-order valence-electron chi connectivity index (χ3n) is 5.18. The molecule has 31 heavy (non-hydrogen) atoms. The summed E-state index contributed by atoms with van der Waals surface area (Å²) in [6.45, 7) is 8.19. The van der Waals surface area contributed by atoms with E-state index < -0.39 is 17.4 Å². The largest absolute Gasteiger partial charge is 0.461 e. The summed E-state index contributed by atoms with van der Waals surface area (Å²) in [7, 11) is 1.55. The van der Waals surface area contributed by atoms with Crippen molar-refractivity contribution in [3.63, 3.8) is 0 Å². The maximum atomic E-state index is 13.6. The fraction of sp³-hybridized carbons (Fsp3) is 0.455. The molecule has 2 heterocycles. The molecule has 0 aliphatic carbocycles. The highest BCUT2D eigenvalue weighted by atomic mass is 16.5. The summed E-state index contributed by atoms with van der Waals surface area (Å²) >= 11 is 0. The van der Waals surface area contributed by atoms with Crippen molar-refractivity contribution < 1.29 is 23.9 Å². The second kappa shape index (κ2) is 8.89. The first-order chi connectivity index (χ1) is 14.7. The van der Waals surface area contributed by atoms with E-state index in [0.29, 0.717) is 18.8 Å². The molecule has 1 atom stereocenters. The number of nitrogens with zero attached hydrogens (tertiary/aromatic N) is 3. The molecule has 166 valence electrons. The lowest BCUT2D eigenvalue weighted by molar-refractivity contribution is -0.126. The van der Waals surface area contributed by atoms with Gasteiger partial charge in [0, 0.05) is 25.4 Å². The smallest absolute Gasteiger partial charge is 0.358 e. The number of anilines is 1. The van der Waals surface area contributed by atoms with Gasteiger partial charge in [0.2, 0.25) is 5.91 Å². The Morgan fingerprint density at radius 1 is 1.19 bits per heavy atom. The number of aryl methyl sites for hydroxylation is 2. The van der Waals surface area contributed by atoms with Gasteiger partial charge in [0.05, 0.1) is 19.8 Å². The second-order valence-corrected chi connectivity index (χ2v) is 7.80. The molecule has 1 unspecified atom stereocenters. The number of hydrogen-bond acceptors (Lipinski definition) is 6. The third-order valence-corrected chi connectivity index (χ3v) is 5.18. The lowest BCUT2D eigenvalue weighted by Gasteiger charge is -2.43. The molecule has 0 spiro atoms. The van der Waals surface area contributed by atoms with E-state index in [2.05, 4.69) is 10.4 Å². The van der Waals surface area contributed by atoms with Crippen molar-refractivity contribution in [1.82, 2.24) is 15.1 Å². The van der Waals surface area contributed by atoms with Gasteiger partial charge in [-0.15, -0.1) is 0 Å². The predicted octanol–water partition coefficient (Wildman–Crippen LogP) is 1.86. The summed E-state index contributed by atoms with van der Waals surface area (Å²) in [4.78, 5) is 40.5. The van der Waals surface area contributed by atoms with Crippen molar-refractivity contribution in [3.05, 3.63) is 46.8 Å². The molecule has 1 aliphatic heterocycles. The number of benzene rings is 1. The van der Waals surface area contributed by atoms with E-state index in [1.54, 1.807) is 21.0 Å². The monoisotopic (exact) mass is 428 g/mol. The van der Waals surface area contributed by atoms with Crippen LogP contribution in [0.25, 0.3) is 0 Å². The number of amides is 2. The van der Waals surface area contributed by atoms with Gasteiger partial charge in [-0.3, -0.25) is 19.2 Å². The highest BCUT2D eigenvalue weighted by Gasteiger charge is 2.49. The summed E-state index contributed by atoms with van der Waals surface area (Å²) in [6, 6.07) is 7.14. The molecule has 0 saturated carbocycles. The van der Waals surface area contributed by atoms with E-state index in [-0.39, 0.29) is 30.4 Å². The van der Waals surface area contributed by atoms with Crippen LogP contribution in [0.1, 0.15) is 46.0 Å². The SMILES string of the molecule is CCOC(=O)c1cc2n(n1)CC(C)(C(=O)NCCOC)N(c1cc(C)cc(C)c1)C2=O. The number of hydrogen-bond donors (Lipinski definition) is 1. The molecular formula is C22H28N4O5. The Morgan fingerprint density at radius 3 is 2.48 bits per heavy atom. The van der Waals surface area contributed by atoms with E-state index in [9.17, 15) is 14.4 Å². The highest BCUT2D eigenvalue weighted by Crippen LogP contribution is 2.34. The summed E-state index contributed by atoms with van der Waals surface area (Å²) in [5.41, 5.74) is 1.54. The Kier molecular flexibility index (Phi) is 6.45. The van der Waals surface area contributed by atoms with E-state index in [0.717, 1.165) is 11.1 Å². The van der Waals surface area contributed by atoms with E-state index in [1.165, 1.54) is 15.6 Å². The van der Waals surface area contributed by atoms with Gasteiger partial charge in [0.1, 0.15) is 11.2 Å². The quantitative estimate of drug-likeness (QED) is 0.533. The van der Waals surface area contributed by atoms with Crippen molar-refractivity contribution >= 4 is 23.5 Å². The number of aromatic nitrogens is 2. The molecular weight excluding hydrogens is 400 g/mol. The van der Waals surface area contributed by atoms with Gasteiger partial charge in [0.15, 0.2) is 5.69 Å². The van der Waals surface area contributed by atoms with Crippen molar-refractivity contribution in [3.8, 4) is 0 Å². The molecule has 1 aliphatic rings. The average molecular weight is 428 g/mol. The van der Waals surface area contributed by atoms with Crippen LogP contribution in [0.5, 0.6) is 0 Å². The molecule has 0 radical (unpaired) electrons. The van der Waals surface area contributed by atoms with Crippen LogP contribution in [0.4, 0.5) is 5.69 Å². The summed E-state index contributed by atoms with van der Waals surface area (Å²) in [5, 5.41) is 7.08. The topological polar surface area (TPSA) is 103 Å². The fourth-order valence-electron chi connectivity index (χ4n) is 3.83. The predicted molar refractivity (Wildman–Crippen MR) is 114 cm³/mol. The normalized spacial score (nSPS) is 18.0. The lowest BCUT2D eigenvalue weighted by atomic mass is 9.93. The molecule has 0 fully saturated rings. The molecule has 1 N–H and O–H groups in total. The zero-order valence-electron chi connectivity index (χ0n) is 18.5. The van der Waals surface area contributed by atoms with Crippen LogP contribution in [0.3, 0.4) is 0 Å². The van der Waals surface area contributed by atoms with Gasteiger partial charge in [-0.05, 0) is 51.0 Å². The van der Waals surface area contributed by atoms with E-state index in [4.69, 9.17) is 9.47 Å². The van der Waals surface area contributed by atoms with Gasteiger partial charge in [-0.1, -0.05) is 6.07 Å².